The maximum Gasteiger partial charge on any atom is 0.151 e. The molecule has 1 fully saturated rings. The smallest absolute Gasteiger partial charge is 0.151 e. The van der Waals surface area contributed by atoms with Crippen molar-refractivity contribution < 1.29 is 9.47 Å². The number of halogens is 1. The molecule has 3 aromatic rings. The van der Waals surface area contributed by atoms with Crippen LogP contribution in [0.4, 0.5) is 5.82 Å². The van der Waals surface area contributed by atoms with Crippen LogP contribution in [0.3, 0.4) is 0 Å². The summed E-state index contributed by atoms with van der Waals surface area (Å²) in [7, 11) is 1.67. The minimum absolute atomic E-state index is 0. The Morgan fingerprint density at radius 3 is 2.52 bits per heavy atom. The first-order chi connectivity index (χ1) is 12.7. The molecule has 1 saturated heterocycles. The van der Waals surface area contributed by atoms with E-state index in [-0.39, 0.29) is 12.4 Å². The fourth-order valence-electron chi connectivity index (χ4n) is 3.04. The van der Waals surface area contributed by atoms with Crippen molar-refractivity contribution in [3.63, 3.8) is 0 Å². The van der Waals surface area contributed by atoms with Crippen LogP contribution in [0.1, 0.15) is 5.69 Å². The van der Waals surface area contributed by atoms with Crippen molar-refractivity contribution in [2.75, 3.05) is 38.3 Å². The molecule has 1 aliphatic heterocycles. The first-order valence-corrected chi connectivity index (χ1v) is 8.60. The average Bonchev–Trinajstić information content (AvgIpc) is 3.14. The molecule has 0 saturated carbocycles. The molecule has 0 aliphatic carbocycles. The predicted molar refractivity (Wildman–Crippen MR) is 106 cm³/mol. The minimum Gasteiger partial charge on any atom is -0.495 e. The molecule has 0 radical (unpaired) electrons. The lowest BCUT2D eigenvalue weighted by molar-refractivity contribution is 0.122. The van der Waals surface area contributed by atoms with Gasteiger partial charge in [-0.2, -0.15) is 0 Å². The van der Waals surface area contributed by atoms with Crippen LogP contribution < -0.4 is 9.64 Å². The molecule has 1 aromatic carbocycles. The molecule has 3 heterocycles. The molecule has 1 aliphatic rings. The van der Waals surface area contributed by atoms with E-state index in [2.05, 4.69) is 20.1 Å². The monoisotopic (exact) mass is 387 g/mol. The van der Waals surface area contributed by atoms with Crippen LogP contribution in [0, 0.1) is 6.92 Å². The summed E-state index contributed by atoms with van der Waals surface area (Å²) in [5.74, 6) is 1.65. The van der Waals surface area contributed by atoms with Crippen LogP contribution in [-0.4, -0.2) is 53.2 Å². The second-order valence-corrected chi connectivity index (χ2v) is 6.19. The minimum atomic E-state index is 0. The number of aromatic nitrogens is 4. The highest BCUT2D eigenvalue weighted by molar-refractivity contribution is 5.85. The largest absolute Gasteiger partial charge is 0.495 e. The van der Waals surface area contributed by atoms with Crippen LogP contribution in [-0.2, 0) is 4.74 Å². The van der Waals surface area contributed by atoms with E-state index in [9.17, 15) is 0 Å². The van der Waals surface area contributed by atoms with E-state index in [0.717, 1.165) is 60.5 Å². The summed E-state index contributed by atoms with van der Waals surface area (Å²) >= 11 is 0. The van der Waals surface area contributed by atoms with E-state index in [1.165, 1.54) is 0 Å². The van der Waals surface area contributed by atoms with Crippen molar-refractivity contribution in [1.29, 1.82) is 0 Å². The zero-order valence-corrected chi connectivity index (χ0v) is 16.1. The number of nitrogens with zero attached hydrogens (tertiary/aromatic N) is 5. The normalized spacial score (nSPS) is 13.9. The van der Waals surface area contributed by atoms with Gasteiger partial charge in [0, 0.05) is 24.8 Å². The number of morpholine rings is 1. The highest BCUT2D eigenvalue weighted by atomic mass is 35.5. The van der Waals surface area contributed by atoms with Gasteiger partial charge in [-0.1, -0.05) is 6.07 Å². The lowest BCUT2D eigenvalue weighted by Crippen LogP contribution is -2.36. The number of aryl methyl sites for hydroxylation is 1. The Morgan fingerprint density at radius 1 is 1.07 bits per heavy atom. The van der Waals surface area contributed by atoms with Gasteiger partial charge in [0.1, 0.15) is 5.75 Å². The maximum atomic E-state index is 5.57. The van der Waals surface area contributed by atoms with E-state index >= 15 is 0 Å². The summed E-state index contributed by atoms with van der Waals surface area (Å²) in [4.78, 5) is 6.46. The van der Waals surface area contributed by atoms with Gasteiger partial charge in [0.2, 0.25) is 0 Å². The lowest BCUT2D eigenvalue weighted by Gasteiger charge is -2.27. The molecule has 27 heavy (non-hydrogen) atoms. The first kappa shape index (κ1) is 19.1. The molecule has 142 valence electrons. The SMILES string of the molecule is COc1cc(-c2ccc(N3CCOCC3)nn2)ccc1-n1cnc(C)c1.Cl. The maximum absolute atomic E-state index is 5.57. The third-order valence-electron chi connectivity index (χ3n) is 4.45. The quantitative estimate of drug-likeness (QED) is 0.685. The molecule has 0 unspecified atom stereocenters. The molecular weight excluding hydrogens is 366 g/mol. The second kappa shape index (κ2) is 8.37. The topological polar surface area (TPSA) is 65.3 Å². The van der Waals surface area contributed by atoms with Crippen LogP contribution in [0.15, 0.2) is 42.9 Å². The van der Waals surface area contributed by atoms with Gasteiger partial charge in [0.25, 0.3) is 0 Å². The summed E-state index contributed by atoms with van der Waals surface area (Å²) in [6, 6.07) is 10.0. The lowest BCUT2D eigenvalue weighted by atomic mass is 10.1. The molecule has 7 nitrogen and oxygen atoms in total. The standard InChI is InChI=1S/C19H21N5O2.ClH/c1-14-12-24(13-20-14)17-5-3-15(11-18(17)25-2)16-4-6-19(22-21-16)23-7-9-26-10-8-23;/h3-6,11-13H,7-10H2,1-2H3;1H. The third-order valence-corrected chi connectivity index (χ3v) is 4.45. The third kappa shape index (κ3) is 4.04. The van der Waals surface area contributed by atoms with Crippen LogP contribution in [0.5, 0.6) is 5.75 Å². The number of methoxy groups -OCH3 is 1. The van der Waals surface area contributed by atoms with E-state index in [1.807, 2.05) is 48.0 Å². The van der Waals surface area contributed by atoms with E-state index in [4.69, 9.17) is 9.47 Å². The Kier molecular flexibility index (Phi) is 5.93. The van der Waals surface area contributed by atoms with E-state index < -0.39 is 0 Å². The van der Waals surface area contributed by atoms with Gasteiger partial charge in [0.15, 0.2) is 5.82 Å². The van der Waals surface area contributed by atoms with Crippen molar-refractivity contribution in [3.8, 4) is 22.7 Å². The first-order valence-electron chi connectivity index (χ1n) is 8.60. The molecule has 0 amide bonds. The van der Waals surface area contributed by atoms with Gasteiger partial charge >= 0.3 is 0 Å². The van der Waals surface area contributed by atoms with E-state index in [0.29, 0.717) is 0 Å². The summed E-state index contributed by atoms with van der Waals surface area (Å²) in [5.41, 5.74) is 3.67. The number of benzene rings is 1. The zero-order chi connectivity index (χ0) is 17.9. The Bertz CT molecular complexity index is 891. The van der Waals surface area contributed by atoms with Gasteiger partial charge in [-0.3, -0.25) is 0 Å². The highest BCUT2D eigenvalue weighted by Crippen LogP contribution is 2.29. The summed E-state index contributed by atoms with van der Waals surface area (Å²) in [6.45, 7) is 5.12. The zero-order valence-electron chi connectivity index (χ0n) is 15.3. The number of anilines is 1. The second-order valence-electron chi connectivity index (χ2n) is 6.19. The van der Waals surface area contributed by atoms with Gasteiger partial charge in [-0.05, 0) is 31.2 Å². The molecule has 0 N–H and O–H groups in total. The van der Waals surface area contributed by atoms with Crippen LogP contribution in [0.2, 0.25) is 0 Å². The number of ether oxygens (including phenoxy) is 2. The van der Waals surface area contributed by atoms with Gasteiger partial charge < -0.3 is 18.9 Å². The summed E-state index contributed by atoms with van der Waals surface area (Å²) in [5, 5.41) is 8.78. The molecule has 0 atom stereocenters. The fraction of sp³-hybridized carbons (Fsp3) is 0.316. The predicted octanol–water partition coefficient (Wildman–Crippen LogP) is 2.90. The highest BCUT2D eigenvalue weighted by Gasteiger charge is 2.14. The van der Waals surface area contributed by atoms with Crippen molar-refractivity contribution in [2.24, 2.45) is 0 Å². The Hall–Kier alpha value is -2.64. The Labute approximate surface area is 164 Å². The van der Waals surface area contributed by atoms with Crippen LogP contribution in [0.25, 0.3) is 16.9 Å². The molecular formula is C19H22ClN5O2. The fourth-order valence-corrected chi connectivity index (χ4v) is 3.04. The van der Waals surface area contributed by atoms with Gasteiger partial charge in [-0.15, -0.1) is 22.6 Å². The number of hydrogen-bond acceptors (Lipinski definition) is 6. The van der Waals surface area contributed by atoms with Gasteiger partial charge in [-0.25, -0.2) is 4.98 Å². The molecule has 8 heteroatoms. The number of imidazole rings is 1. The number of hydrogen-bond donors (Lipinski definition) is 0. The van der Waals surface area contributed by atoms with Gasteiger partial charge in [0.05, 0.1) is 43.7 Å². The van der Waals surface area contributed by atoms with Crippen molar-refractivity contribution in [3.05, 3.63) is 48.5 Å². The average molecular weight is 388 g/mol. The Morgan fingerprint density at radius 2 is 1.89 bits per heavy atom. The molecule has 0 bridgehead atoms. The Balaban J connectivity index is 0.00000210. The van der Waals surface area contributed by atoms with Crippen molar-refractivity contribution in [1.82, 2.24) is 19.7 Å². The summed E-state index contributed by atoms with van der Waals surface area (Å²) in [6.07, 6.45) is 3.75. The molecule has 2 aromatic heterocycles. The van der Waals surface area contributed by atoms with Crippen LogP contribution >= 0.6 is 12.4 Å². The van der Waals surface area contributed by atoms with Crippen molar-refractivity contribution in [2.45, 2.75) is 6.92 Å². The molecule has 0 spiro atoms. The van der Waals surface area contributed by atoms with Crippen molar-refractivity contribution >= 4 is 18.2 Å². The molecule has 4 rings (SSSR count). The van der Waals surface area contributed by atoms with E-state index in [1.54, 1.807) is 13.4 Å². The number of rotatable bonds is 4. The summed E-state index contributed by atoms with van der Waals surface area (Å²) < 4.78 is 12.9.